The Hall–Kier alpha value is -1.23. The lowest BCUT2D eigenvalue weighted by molar-refractivity contribution is 0.0998. The predicted molar refractivity (Wildman–Crippen MR) is 87.5 cm³/mol. The molecule has 0 radical (unpaired) electrons. The number of hydrogen-bond acceptors (Lipinski definition) is 4. The molecule has 1 aromatic carbocycles. The van der Waals surface area contributed by atoms with Gasteiger partial charge in [-0.25, -0.2) is 4.98 Å². The van der Waals surface area contributed by atoms with Gasteiger partial charge < -0.3 is 10.1 Å². The lowest BCUT2D eigenvalue weighted by atomic mass is 10.1. The lowest BCUT2D eigenvalue weighted by Gasteiger charge is -2.08. The zero-order valence-corrected chi connectivity index (χ0v) is 13.5. The van der Waals surface area contributed by atoms with Gasteiger partial charge in [0, 0.05) is 30.1 Å². The maximum absolute atomic E-state index is 5.56. The molecular weight excluding hydrogens is 280 g/mol. The van der Waals surface area contributed by atoms with Crippen molar-refractivity contribution in [2.45, 2.75) is 44.9 Å². The molecule has 1 heterocycles. The molecule has 1 fully saturated rings. The summed E-state index contributed by atoms with van der Waals surface area (Å²) < 4.78 is 5.56. The largest absolute Gasteiger partial charge is 0.374 e. The van der Waals surface area contributed by atoms with Crippen molar-refractivity contribution in [2.75, 3.05) is 7.11 Å². The van der Waals surface area contributed by atoms with E-state index in [9.17, 15) is 0 Å². The van der Waals surface area contributed by atoms with Gasteiger partial charge in [-0.05, 0) is 19.3 Å². The number of ether oxygens (including phenoxy) is 1. The minimum absolute atomic E-state index is 0.104. The number of hydrogen-bond donors (Lipinski definition) is 1. The second-order valence-corrected chi connectivity index (χ2v) is 6.59. The van der Waals surface area contributed by atoms with Crippen molar-refractivity contribution in [3.63, 3.8) is 0 Å². The molecule has 0 aliphatic heterocycles. The topological polar surface area (TPSA) is 34.1 Å². The standard InChI is InChI=1S/C17H22N2OS/c1-3-14(20-2)17-19-16(12-7-5-4-6-8-12)15(21-17)11-18-13-9-10-13/h4-8,13-14,18H,3,9-11H2,1-2H3. The third-order valence-electron chi connectivity index (χ3n) is 3.82. The fourth-order valence-electron chi connectivity index (χ4n) is 2.42. The molecule has 4 heteroatoms. The molecule has 2 aromatic rings. The van der Waals surface area contributed by atoms with Crippen molar-refractivity contribution in [3.8, 4) is 11.3 Å². The van der Waals surface area contributed by atoms with Crippen molar-refractivity contribution in [2.24, 2.45) is 0 Å². The Morgan fingerprint density at radius 2 is 2.10 bits per heavy atom. The van der Waals surface area contributed by atoms with Gasteiger partial charge in [-0.3, -0.25) is 0 Å². The monoisotopic (exact) mass is 302 g/mol. The molecule has 0 amide bonds. The summed E-state index contributed by atoms with van der Waals surface area (Å²) in [6.45, 7) is 3.05. The summed E-state index contributed by atoms with van der Waals surface area (Å²) in [5.74, 6) is 0. The van der Waals surface area contributed by atoms with E-state index < -0.39 is 0 Å². The highest BCUT2D eigenvalue weighted by Gasteiger charge is 2.23. The van der Waals surface area contributed by atoms with Gasteiger partial charge in [0.05, 0.1) is 5.69 Å². The molecule has 0 saturated heterocycles. The van der Waals surface area contributed by atoms with Crippen LogP contribution in [0, 0.1) is 0 Å². The zero-order chi connectivity index (χ0) is 14.7. The summed E-state index contributed by atoms with van der Waals surface area (Å²) in [4.78, 5) is 6.19. The Labute approximate surface area is 130 Å². The molecule has 21 heavy (non-hydrogen) atoms. The highest BCUT2D eigenvalue weighted by atomic mass is 32.1. The first kappa shape index (κ1) is 14.7. The van der Waals surface area contributed by atoms with E-state index in [1.807, 2.05) is 6.07 Å². The second-order valence-electron chi connectivity index (χ2n) is 5.48. The molecule has 1 unspecified atom stereocenters. The Morgan fingerprint density at radius 1 is 1.33 bits per heavy atom. The van der Waals surface area contributed by atoms with Crippen molar-refractivity contribution < 1.29 is 4.74 Å². The molecule has 1 saturated carbocycles. The first-order valence-corrected chi connectivity index (χ1v) is 8.44. The van der Waals surface area contributed by atoms with E-state index in [0.29, 0.717) is 6.04 Å². The highest BCUT2D eigenvalue weighted by molar-refractivity contribution is 7.12. The van der Waals surface area contributed by atoms with Crippen LogP contribution in [0.2, 0.25) is 0 Å². The Bertz CT molecular complexity index is 574. The lowest BCUT2D eigenvalue weighted by Crippen LogP contribution is -2.14. The average molecular weight is 302 g/mol. The van der Waals surface area contributed by atoms with E-state index in [1.165, 1.54) is 23.3 Å². The van der Waals surface area contributed by atoms with Crippen LogP contribution in [0.25, 0.3) is 11.3 Å². The Morgan fingerprint density at radius 3 is 2.71 bits per heavy atom. The number of rotatable bonds is 7. The van der Waals surface area contributed by atoms with Gasteiger partial charge in [0.15, 0.2) is 0 Å². The fourth-order valence-corrected chi connectivity index (χ4v) is 3.62. The first-order chi connectivity index (χ1) is 10.3. The molecule has 3 rings (SSSR count). The summed E-state index contributed by atoms with van der Waals surface area (Å²) in [6, 6.07) is 11.2. The molecule has 1 N–H and O–H groups in total. The highest BCUT2D eigenvalue weighted by Crippen LogP contribution is 2.34. The van der Waals surface area contributed by atoms with Gasteiger partial charge in [-0.2, -0.15) is 0 Å². The maximum atomic E-state index is 5.56. The van der Waals surface area contributed by atoms with Crippen LogP contribution in [0.1, 0.15) is 42.2 Å². The van der Waals surface area contributed by atoms with Crippen LogP contribution < -0.4 is 5.32 Å². The van der Waals surface area contributed by atoms with Crippen molar-refractivity contribution >= 4 is 11.3 Å². The molecular formula is C17H22N2OS. The van der Waals surface area contributed by atoms with E-state index in [2.05, 4.69) is 36.5 Å². The van der Waals surface area contributed by atoms with Gasteiger partial charge in [-0.15, -0.1) is 11.3 Å². The summed E-state index contributed by atoms with van der Waals surface area (Å²) in [7, 11) is 1.76. The average Bonchev–Trinajstić information content (AvgIpc) is 3.27. The molecule has 0 spiro atoms. The van der Waals surface area contributed by atoms with Crippen LogP contribution in [-0.2, 0) is 11.3 Å². The van der Waals surface area contributed by atoms with Crippen LogP contribution in [0.5, 0.6) is 0 Å². The minimum atomic E-state index is 0.104. The molecule has 1 aliphatic carbocycles. The van der Waals surface area contributed by atoms with Gasteiger partial charge in [0.1, 0.15) is 11.1 Å². The van der Waals surface area contributed by atoms with Gasteiger partial charge in [0.25, 0.3) is 0 Å². The molecule has 112 valence electrons. The number of methoxy groups -OCH3 is 1. The second kappa shape index (κ2) is 6.69. The maximum Gasteiger partial charge on any atom is 0.123 e. The van der Waals surface area contributed by atoms with E-state index >= 15 is 0 Å². The Balaban J connectivity index is 1.90. The number of thiazole rings is 1. The molecule has 1 aliphatic rings. The van der Waals surface area contributed by atoms with Gasteiger partial charge >= 0.3 is 0 Å². The van der Waals surface area contributed by atoms with Crippen LogP contribution >= 0.6 is 11.3 Å². The summed E-state index contributed by atoms with van der Waals surface area (Å²) in [6.07, 6.45) is 3.67. The zero-order valence-electron chi connectivity index (χ0n) is 12.6. The number of aromatic nitrogens is 1. The van der Waals surface area contributed by atoms with E-state index in [1.54, 1.807) is 18.4 Å². The van der Waals surface area contributed by atoms with E-state index in [0.717, 1.165) is 23.7 Å². The van der Waals surface area contributed by atoms with Crippen LogP contribution in [0.15, 0.2) is 30.3 Å². The van der Waals surface area contributed by atoms with E-state index in [-0.39, 0.29) is 6.10 Å². The van der Waals surface area contributed by atoms with Crippen LogP contribution in [-0.4, -0.2) is 18.1 Å². The Kier molecular flexibility index (Phi) is 4.68. The summed E-state index contributed by atoms with van der Waals surface area (Å²) in [5.41, 5.74) is 2.30. The van der Waals surface area contributed by atoms with Crippen LogP contribution in [0.4, 0.5) is 0 Å². The molecule has 1 aromatic heterocycles. The first-order valence-electron chi connectivity index (χ1n) is 7.63. The molecule has 3 nitrogen and oxygen atoms in total. The predicted octanol–water partition coefficient (Wildman–Crippen LogP) is 4.16. The van der Waals surface area contributed by atoms with Gasteiger partial charge in [-0.1, -0.05) is 37.3 Å². The summed E-state index contributed by atoms with van der Waals surface area (Å²) >= 11 is 1.78. The third kappa shape index (κ3) is 3.51. The quantitative estimate of drug-likeness (QED) is 0.834. The van der Waals surface area contributed by atoms with Crippen molar-refractivity contribution in [3.05, 3.63) is 40.2 Å². The van der Waals surface area contributed by atoms with Crippen LogP contribution in [0.3, 0.4) is 0 Å². The number of nitrogens with one attached hydrogen (secondary N) is 1. The van der Waals surface area contributed by atoms with Crippen molar-refractivity contribution in [1.82, 2.24) is 10.3 Å². The number of nitrogens with zero attached hydrogens (tertiary/aromatic N) is 1. The third-order valence-corrected chi connectivity index (χ3v) is 4.97. The smallest absolute Gasteiger partial charge is 0.123 e. The SMILES string of the molecule is CCC(OC)c1nc(-c2ccccc2)c(CNC2CC2)s1. The van der Waals surface area contributed by atoms with E-state index in [4.69, 9.17) is 9.72 Å². The van der Waals surface area contributed by atoms with Crippen molar-refractivity contribution in [1.29, 1.82) is 0 Å². The molecule has 1 atom stereocenters. The summed E-state index contributed by atoms with van der Waals surface area (Å²) in [5, 5.41) is 4.69. The normalized spacial score (nSPS) is 16.1. The molecule has 0 bridgehead atoms. The minimum Gasteiger partial charge on any atom is -0.374 e. The fraction of sp³-hybridized carbons (Fsp3) is 0.471. The number of benzene rings is 1. The van der Waals surface area contributed by atoms with Gasteiger partial charge in [0.2, 0.25) is 0 Å².